The summed E-state index contributed by atoms with van der Waals surface area (Å²) in [5.41, 5.74) is 4.12. The van der Waals surface area contributed by atoms with Gasteiger partial charge in [0.25, 0.3) is 5.91 Å². The number of unbranched alkanes of at least 4 members (excludes halogenated alkanes) is 2. The Bertz CT molecular complexity index is 1130. The molecule has 38 heavy (non-hydrogen) atoms. The second kappa shape index (κ2) is 13.7. The molecule has 1 aliphatic rings. The Kier molecular flexibility index (Phi) is 10.1. The molecule has 0 saturated carbocycles. The van der Waals surface area contributed by atoms with Crippen molar-refractivity contribution in [1.29, 1.82) is 0 Å². The van der Waals surface area contributed by atoms with Gasteiger partial charge in [0.05, 0.1) is 0 Å². The minimum Gasteiger partial charge on any atom is -0.339 e. The molecule has 1 saturated heterocycles. The molecule has 6 nitrogen and oxygen atoms in total. The lowest BCUT2D eigenvalue weighted by molar-refractivity contribution is 0.0546. The highest BCUT2D eigenvalue weighted by molar-refractivity contribution is 5.94. The molecule has 0 spiro atoms. The van der Waals surface area contributed by atoms with E-state index in [-0.39, 0.29) is 11.9 Å². The van der Waals surface area contributed by atoms with E-state index in [1.165, 1.54) is 31.2 Å². The summed E-state index contributed by atoms with van der Waals surface area (Å²) in [6, 6.07) is 16.7. The molecule has 2 heterocycles. The van der Waals surface area contributed by atoms with E-state index in [2.05, 4.69) is 65.0 Å². The number of carbonyl (C=O) groups is 1. The molecule has 4 rings (SSSR count). The fraction of sp³-hybridized carbons (Fsp3) is 0.531. The van der Waals surface area contributed by atoms with Gasteiger partial charge in [-0.2, -0.15) is 4.98 Å². The van der Waals surface area contributed by atoms with Gasteiger partial charge in [-0.25, -0.2) is 0 Å². The summed E-state index contributed by atoms with van der Waals surface area (Å²) in [5.74, 6) is 1.99. The fourth-order valence-corrected chi connectivity index (χ4v) is 5.19. The van der Waals surface area contributed by atoms with Crippen molar-refractivity contribution in [2.45, 2.75) is 85.2 Å². The Morgan fingerprint density at radius 3 is 2.32 bits per heavy atom. The molecule has 1 amide bonds. The monoisotopic (exact) mass is 516 g/mol. The van der Waals surface area contributed by atoms with E-state index in [0.717, 1.165) is 61.5 Å². The maximum absolute atomic E-state index is 13.9. The summed E-state index contributed by atoms with van der Waals surface area (Å²) < 4.78 is 5.13. The Morgan fingerprint density at radius 2 is 1.71 bits per heavy atom. The molecule has 0 bridgehead atoms. The van der Waals surface area contributed by atoms with Crippen LogP contribution in [-0.2, 0) is 13.0 Å². The molecule has 6 heteroatoms. The van der Waals surface area contributed by atoms with E-state index in [9.17, 15) is 4.79 Å². The molecule has 1 fully saturated rings. The zero-order chi connectivity index (χ0) is 26.9. The van der Waals surface area contributed by atoms with E-state index in [1.807, 2.05) is 24.3 Å². The zero-order valence-electron chi connectivity index (χ0n) is 23.7. The molecule has 0 radical (unpaired) electrons. The molecule has 1 aliphatic heterocycles. The number of piperidine rings is 1. The van der Waals surface area contributed by atoms with E-state index in [1.54, 1.807) is 6.92 Å². The SMILES string of the molecule is CCCCCc1ccc(C(=O)N(Cc2ccc(-c3noc(C)n3)cc2)C2CCN(CCC(C)C)CC2)cc1. The van der Waals surface area contributed by atoms with Crippen molar-refractivity contribution in [3.63, 3.8) is 0 Å². The number of rotatable bonds is 12. The average Bonchev–Trinajstić information content (AvgIpc) is 3.37. The lowest BCUT2D eigenvalue weighted by Gasteiger charge is -2.39. The summed E-state index contributed by atoms with van der Waals surface area (Å²) >= 11 is 0. The number of nitrogens with zero attached hydrogens (tertiary/aromatic N) is 4. The van der Waals surface area contributed by atoms with E-state index in [0.29, 0.717) is 18.3 Å². The van der Waals surface area contributed by atoms with Crippen molar-refractivity contribution >= 4 is 5.91 Å². The van der Waals surface area contributed by atoms with Gasteiger partial charge < -0.3 is 14.3 Å². The molecule has 0 unspecified atom stereocenters. The molecule has 1 aromatic heterocycles. The predicted octanol–water partition coefficient (Wildman–Crippen LogP) is 6.93. The lowest BCUT2D eigenvalue weighted by Crippen LogP contribution is -2.47. The van der Waals surface area contributed by atoms with Crippen molar-refractivity contribution in [1.82, 2.24) is 19.9 Å². The van der Waals surface area contributed by atoms with Gasteiger partial charge in [-0.05, 0) is 67.8 Å². The second-order valence-corrected chi connectivity index (χ2v) is 11.2. The molecule has 0 atom stereocenters. The molecular formula is C32H44N4O2. The fourth-order valence-electron chi connectivity index (χ4n) is 5.19. The quantitative estimate of drug-likeness (QED) is 0.244. The number of benzene rings is 2. The lowest BCUT2D eigenvalue weighted by atomic mass is 9.99. The first-order valence-corrected chi connectivity index (χ1v) is 14.4. The summed E-state index contributed by atoms with van der Waals surface area (Å²) in [5, 5.41) is 4.03. The van der Waals surface area contributed by atoms with Crippen LogP contribution >= 0.6 is 0 Å². The van der Waals surface area contributed by atoms with Crippen LogP contribution in [0.3, 0.4) is 0 Å². The van der Waals surface area contributed by atoms with Crippen LogP contribution in [0.15, 0.2) is 53.1 Å². The third kappa shape index (κ3) is 7.76. The van der Waals surface area contributed by atoms with Gasteiger partial charge in [0.1, 0.15) is 0 Å². The van der Waals surface area contributed by atoms with E-state index >= 15 is 0 Å². The number of hydrogen-bond acceptors (Lipinski definition) is 5. The van der Waals surface area contributed by atoms with Gasteiger partial charge in [-0.3, -0.25) is 4.79 Å². The van der Waals surface area contributed by atoms with Gasteiger partial charge in [0.15, 0.2) is 0 Å². The summed E-state index contributed by atoms with van der Waals surface area (Å²) in [4.78, 5) is 22.9. The van der Waals surface area contributed by atoms with Crippen molar-refractivity contribution in [2.75, 3.05) is 19.6 Å². The second-order valence-electron chi connectivity index (χ2n) is 11.2. The molecule has 3 aromatic rings. The van der Waals surface area contributed by atoms with Crippen LogP contribution in [0.2, 0.25) is 0 Å². The minimum absolute atomic E-state index is 0.128. The maximum Gasteiger partial charge on any atom is 0.254 e. The predicted molar refractivity (Wildman–Crippen MR) is 153 cm³/mol. The van der Waals surface area contributed by atoms with Crippen LogP contribution in [0, 0.1) is 12.8 Å². The first-order valence-electron chi connectivity index (χ1n) is 14.4. The number of amides is 1. The number of aromatic nitrogens is 2. The Morgan fingerprint density at radius 1 is 1.03 bits per heavy atom. The van der Waals surface area contributed by atoms with Gasteiger partial charge >= 0.3 is 0 Å². The third-order valence-electron chi connectivity index (χ3n) is 7.64. The molecule has 204 valence electrons. The summed E-state index contributed by atoms with van der Waals surface area (Å²) in [6.45, 7) is 12.4. The molecular weight excluding hydrogens is 472 g/mol. The number of aryl methyl sites for hydroxylation is 2. The van der Waals surface area contributed by atoms with Crippen LogP contribution in [-0.4, -0.2) is 51.5 Å². The highest BCUT2D eigenvalue weighted by Gasteiger charge is 2.29. The average molecular weight is 517 g/mol. The summed E-state index contributed by atoms with van der Waals surface area (Å²) in [6.07, 6.45) is 7.99. The van der Waals surface area contributed by atoms with E-state index in [4.69, 9.17) is 4.52 Å². The highest BCUT2D eigenvalue weighted by atomic mass is 16.5. The highest BCUT2D eigenvalue weighted by Crippen LogP contribution is 2.24. The maximum atomic E-state index is 13.9. The Hall–Kier alpha value is -2.99. The van der Waals surface area contributed by atoms with Crippen LogP contribution in [0.4, 0.5) is 0 Å². The summed E-state index contributed by atoms with van der Waals surface area (Å²) in [7, 11) is 0. The number of hydrogen-bond donors (Lipinski definition) is 0. The van der Waals surface area contributed by atoms with Crippen molar-refractivity contribution in [3.05, 3.63) is 71.1 Å². The molecule has 2 aromatic carbocycles. The number of likely N-dealkylation sites (tertiary alicyclic amines) is 1. The third-order valence-corrected chi connectivity index (χ3v) is 7.64. The van der Waals surface area contributed by atoms with Crippen molar-refractivity contribution < 1.29 is 9.32 Å². The largest absolute Gasteiger partial charge is 0.339 e. The topological polar surface area (TPSA) is 62.5 Å². The first kappa shape index (κ1) is 28.0. The minimum atomic E-state index is 0.128. The van der Waals surface area contributed by atoms with Gasteiger partial charge in [-0.15, -0.1) is 0 Å². The van der Waals surface area contributed by atoms with Gasteiger partial charge in [0.2, 0.25) is 11.7 Å². The smallest absolute Gasteiger partial charge is 0.254 e. The van der Waals surface area contributed by atoms with Gasteiger partial charge in [-0.1, -0.05) is 75.2 Å². The van der Waals surface area contributed by atoms with Crippen LogP contribution in [0.25, 0.3) is 11.4 Å². The standard InChI is InChI=1S/C32H44N4O2/c1-5-6-7-8-26-9-15-29(16-10-26)32(37)36(30-18-21-35(22-19-30)20-17-24(2)3)23-27-11-13-28(14-12-27)31-33-25(4)38-34-31/h9-16,24,30H,5-8,17-23H2,1-4H3. The van der Waals surface area contributed by atoms with Crippen LogP contribution < -0.4 is 0 Å². The van der Waals surface area contributed by atoms with Crippen molar-refractivity contribution in [3.8, 4) is 11.4 Å². The van der Waals surface area contributed by atoms with Crippen LogP contribution in [0.5, 0.6) is 0 Å². The van der Waals surface area contributed by atoms with Crippen molar-refractivity contribution in [2.24, 2.45) is 5.92 Å². The molecule has 0 N–H and O–H groups in total. The Labute approximate surface area is 228 Å². The number of carbonyl (C=O) groups excluding carboxylic acids is 1. The van der Waals surface area contributed by atoms with Crippen LogP contribution in [0.1, 0.15) is 86.7 Å². The van der Waals surface area contributed by atoms with Gasteiger partial charge in [0, 0.05) is 43.7 Å². The van der Waals surface area contributed by atoms with E-state index < -0.39 is 0 Å². The molecule has 0 aliphatic carbocycles. The Balaban J connectivity index is 1.48. The normalized spacial score (nSPS) is 14.8. The zero-order valence-corrected chi connectivity index (χ0v) is 23.7. The first-order chi connectivity index (χ1) is 18.4.